The number of halogens is 2. The molecule has 0 saturated carbocycles. The van der Waals surface area contributed by atoms with Crippen LogP contribution in [0.25, 0.3) is 0 Å². The van der Waals surface area contributed by atoms with E-state index < -0.39 is 0 Å². The monoisotopic (exact) mass is 305 g/mol. The van der Waals surface area contributed by atoms with Crippen LogP contribution in [0.2, 0.25) is 0 Å². The Balaban J connectivity index is 0.00000162. The van der Waals surface area contributed by atoms with E-state index in [1.807, 2.05) is 31.0 Å². The molecule has 1 aromatic rings. The Morgan fingerprint density at radius 3 is 2.84 bits per heavy atom. The normalized spacial score (nSPS) is 17.6. The predicted octanol–water partition coefficient (Wildman–Crippen LogP) is 1.92. The second-order valence-corrected chi connectivity index (χ2v) is 4.63. The molecule has 1 fully saturated rings. The third-order valence-electron chi connectivity index (χ3n) is 3.17. The lowest BCUT2D eigenvalue weighted by molar-refractivity contribution is 0.0781. The van der Waals surface area contributed by atoms with Crippen molar-refractivity contribution in [3.8, 4) is 0 Å². The van der Waals surface area contributed by atoms with Crippen molar-refractivity contribution in [1.29, 1.82) is 0 Å². The maximum atomic E-state index is 12.2. The zero-order valence-corrected chi connectivity index (χ0v) is 12.9. The number of carbonyl (C=O) groups is 1. The SMILES string of the molecule is CNCC1CCN(C(=O)c2cccc(C)n2)C1.Cl.Cl. The van der Waals surface area contributed by atoms with Crippen molar-refractivity contribution in [2.75, 3.05) is 26.7 Å². The Morgan fingerprint density at radius 2 is 2.21 bits per heavy atom. The first-order chi connectivity index (χ1) is 8.20. The van der Waals surface area contributed by atoms with Gasteiger partial charge in [0.25, 0.3) is 5.91 Å². The largest absolute Gasteiger partial charge is 0.337 e. The molecule has 6 heteroatoms. The van der Waals surface area contributed by atoms with E-state index in [1.165, 1.54) is 0 Å². The standard InChI is InChI=1S/C13H19N3O.2ClH/c1-10-4-3-5-12(15-10)13(17)16-7-6-11(9-16)8-14-2;;/h3-5,11,14H,6-9H2,1-2H3;2*1H. The van der Waals surface area contributed by atoms with Crippen LogP contribution in [0, 0.1) is 12.8 Å². The highest BCUT2D eigenvalue weighted by atomic mass is 35.5. The molecule has 0 aliphatic carbocycles. The average molecular weight is 306 g/mol. The number of hydrogen-bond acceptors (Lipinski definition) is 3. The first-order valence-electron chi connectivity index (χ1n) is 6.08. The zero-order chi connectivity index (χ0) is 12.3. The summed E-state index contributed by atoms with van der Waals surface area (Å²) in [6, 6.07) is 5.59. The highest BCUT2D eigenvalue weighted by Gasteiger charge is 2.26. The second kappa shape index (κ2) is 8.35. The summed E-state index contributed by atoms with van der Waals surface area (Å²) in [6.45, 7) is 4.58. The van der Waals surface area contributed by atoms with E-state index in [0.717, 1.165) is 31.7 Å². The highest BCUT2D eigenvalue weighted by molar-refractivity contribution is 5.92. The topological polar surface area (TPSA) is 45.2 Å². The summed E-state index contributed by atoms with van der Waals surface area (Å²) in [4.78, 5) is 18.4. The van der Waals surface area contributed by atoms with Gasteiger partial charge in [0.2, 0.25) is 0 Å². The van der Waals surface area contributed by atoms with Crippen molar-refractivity contribution in [1.82, 2.24) is 15.2 Å². The van der Waals surface area contributed by atoms with E-state index in [0.29, 0.717) is 11.6 Å². The number of hydrogen-bond donors (Lipinski definition) is 1. The summed E-state index contributed by atoms with van der Waals surface area (Å²) in [7, 11) is 1.95. The molecule has 108 valence electrons. The van der Waals surface area contributed by atoms with Crippen LogP contribution >= 0.6 is 24.8 Å². The maximum absolute atomic E-state index is 12.2. The Hall–Kier alpha value is -0.840. The number of rotatable bonds is 3. The van der Waals surface area contributed by atoms with Crippen LogP contribution in [0.4, 0.5) is 0 Å². The number of nitrogens with one attached hydrogen (secondary N) is 1. The van der Waals surface area contributed by atoms with Gasteiger partial charge in [-0.1, -0.05) is 6.07 Å². The van der Waals surface area contributed by atoms with Gasteiger partial charge in [-0.2, -0.15) is 0 Å². The molecular formula is C13H21Cl2N3O. The lowest BCUT2D eigenvalue weighted by Crippen LogP contribution is -2.31. The molecular weight excluding hydrogens is 285 g/mol. The quantitative estimate of drug-likeness (QED) is 0.928. The number of likely N-dealkylation sites (tertiary alicyclic amines) is 1. The van der Waals surface area contributed by atoms with Gasteiger partial charge in [0.05, 0.1) is 0 Å². The molecule has 1 N–H and O–H groups in total. The fraction of sp³-hybridized carbons (Fsp3) is 0.538. The molecule has 0 bridgehead atoms. The Kier molecular flexibility index (Phi) is 7.99. The zero-order valence-electron chi connectivity index (χ0n) is 11.3. The average Bonchev–Trinajstić information content (AvgIpc) is 2.77. The third-order valence-corrected chi connectivity index (χ3v) is 3.17. The number of aryl methyl sites for hydroxylation is 1. The third kappa shape index (κ3) is 4.64. The van der Waals surface area contributed by atoms with Crippen LogP contribution in [0.3, 0.4) is 0 Å². The lowest BCUT2D eigenvalue weighted by Gasteiger charge is -2.16. The van der Waals surface area contributed by atoms with Crippen molar-refractivity contribution >= 4 is 30.7 Å². The van der Waals surface area contributed by atoms with Gasteiger partial charge < -0.3 is 10.2 Å². The van der Waals surface area contributed by atoms with Crippen LogP contribution in [0.1, 0.15) is 22.6 Å². The minimum absolute atomic E-state index is 0. The van der Waals surface area contributed by atoms with Crippen LogP contribution < -0.4 is 5.32 Å². The van der Waals surface area contributed by atoms with E-state index in [1.54, 1.807) is 6.07 Å². The van der Waals surface area contributed by atoms with Gasteiger partial charge in [-0.05, 0) is 45.0 Å². The molecule has 0 radical (unpaired) electrons. The molecule has 0 aromatic carbocycles. The minimum Gasteiger partial charge on any atom is -0.337 e. The molecule has 2 rings (SSSR count). The van der Waals surface area contributed by atoms with E-state index >= 15 is 0 Å². The predicted molar refractivity (Wildman–Crippen MR) is 81.4 cm³/mol. The maximum Gasteiger partial charge on any atom is 0.272 e. The molecule has 19 heavy (non-hydrogen) atoms. The summed E-state index contributed by atoms with van der Waals surface area (Å²) in [6.07, 6.45) is 1.08. The van der Waals surface area contributed by atoms with Gasteiger partial charge >= 0.3 is 0 Å². The molecule has 1 unspecified atom stereocenters. The molecule has 1 saturated heterocycles. The second-order valence-electron chi connectivity index (χ2n) is 4.63. The van der Waals surface area contributed by atoms with Crippen molar-refractivity contribution in [3.63, 3.8) is 0 Å². The fourth-order valence-electron chi connectivity index (χ4n) is 2.30. The highest BCUT2D eigenvalue weighted by Crippen LogP contribution is 2.17. The first kappa shape index (κ1) is 18.2. The molecule has 1 aromatic heterocycles. The van der Waals surface area contributed by atoms with Crippen LogP contribution in [0.5, 0.6) is 0 Å². The van der Waals surface area contributed by atoms with Gasteiger partial charge in [0, 0.05) is 18.8 Å². The van der Waals surface area contributed by atoms with E-state index in [9.17, 15) is 4.79 Å². The molecule has 1 amide bonds. The summed E-state index contributed by atoms with van der Waals surface area (Å²) in [5.41, 5.74) is 1.46. The van der Waals surface area contributed by atoms with Gasteiger partial charge in [-0.25, -0.2) is 4.98 Å². The summed E-state index contributed by atoms with van der Waals surface area (Å²) in [5.74, 6) is 0.640. The van der Waals surface area contributed by atoms with Gasteiger partial charge in [0.1, 0.15) is 5.69 Å². The smallest absolute Gasteiger partial charge is 0.272 e. The molecule has 1 atom stereocenters. The van der Waals surface area contributed by atoms with Crippen LogP contribution in [0.15, 0.2) is 18.2 Å². The molecule has 4 nitrogen and oxygen atoms in total. The lowest BCUT2D eigenvalue weighted by atomic mass is 10.1. The van der Waals surface area contributed by atoms with E-state index in [4.69, 9.17) is 0 Å². The van der Waals surface area contributed by atoms with Gasteiger partial charge in [-0.3, -0.25) is 4.79 Å². The molecule has 0 spiro atoms. The van der Waals surface area contributed by atoms with Crippen molar-refractivity contribution < 1.29 is 4.79 Å². The molecule has 1 aliphatic rings. The summed E-state index contributed by atoms with van der Waals surface area (Å²) in [5, 5.41) is 3.16. The minimum atomic E-state index is 0. The van der Waals surface area contributed by atoms with Crippen molar-refractivity contribution in [2.45, 2.75) is 13.3 Å². The molecule has 1 aliphatic heterocycles. The number of carbonyl (C=O) groups excluding carboxylic acids is 1. The summed E-state index contributed by atoms with van der Waals surface area (Å²) < 4.78 is 0. The number of pyridine rings is 1. The van der Waals surface area contributed by atoms with E-state index in [2.05, 4.69) is 10.3 Å². The Bertz CT molecular complexity index is 415. The summed E-state index contributed by atoms with van der Waals surface area (Å²) >= 11 is 0. The van der Waals surface area contributed by atoms with Gasteiger partial charge in [0.15, 0.2) is 0 Å². The number of aromatic nitrogens is 1. The fourth-order valence-corrected chi connectivity index (χ4v) is 2.30. The van der Waals surface area contributed by atoms with E-state index in [-0.39, 0.29) is 30.7 Å². The number of nitrogens with zero attached hydrogens (tertiary/aromatic N) is 2. The Labute approximate surface area is 126 Å². The van der Waals surface area contributed by atoms with Crippen LogP contribution in [-0.4, -0.2) is 42.5 Å². The Morgan fingerprint density at radius 1 is 1.47 bits per heavy atom. The van der Waals surface area contributed by atoms with Crippen molar-refractivity contribution in [3.05, 3.63) is 29.6 Å². The first-order valence-corrected chi connectivity index (χ1v) is 6.08. The molecule has 2 heterocycles. The van der Waals surface area contributed by atoms with Gasteiger partial charge in [-0.15, -0.1) is 24.8 Å². The van der Waals surface area contributed by atoms with Crippen LogP contribution in [-0.2, 0) is 0 Å². The van der Waals surface area contributed by atoms with Crippen molar-refractivity contribution in [2.24, 2.45) is 5.92 Å². The number of amides is 1.